The molecule has 0 radical (unpaired) electrons. The molecule has 1 N–H and O–H groups in total. The van der Waals surface area contributed by atoms with E-state index >= 15 is 0 Å². The smallest absolute Gasteiger partial charge is 0.272 e. The summed E-state index contributed by atoms with van der Waals surface area (Å²) in [7, 11) is 3.44. The Morgan fingerprint density at radius 1 is 1.06 bits per heavy atom. The zero-order chi connectivity index (χ0) is 22.5. The number of methoxy groups -OCH3 is 1. The van der Waals surface area contributed by atoms with Crippen LogP contribution in [0.1, 0.15) is 33.5 Å². The second-order valence-corrected chi connectivity index (χ2v) is 7.24. The predicted octanol–water partition coefficient (Wildman–Crippen LogP) is 2.55. The lowest BCUT2D eigenvalue weighted by molar-refractivity contribution is 0.0933. The fourth-order valence-corrected chi connectivity index (χ4v) is 3.49. The molecule has 4 rings (SSSR count). The van der Waals surface area contributed by atoms with Gasteiger partial charge in [-0.2, -0.15) is 5.10 Å². The number of rotatable bonds is 7. The normalized spacial score (nSPS) is 11.7. The Kier molecular flexibility index (Phi) is 6.12. The van der Waals surface area contributed by atoms with E-state index in [1.807, 2.05) is 72.4 Å². The summed E-state index contributed by atoms with van der Waals surface area (Å²) in [4.78, 5) is 29.9. The van der Waals surface area contributed by atoms with Crippen molar-refractivity contribution in [3.63, 3.8) is 0 Å². The van der Waals surface area contributed by atoms with Crippen LogP contribution in [-0.4, -0.2) is 32.3 Å². The zero-order valence-electron chi connectivity index (χ0n) is 17.8. The average Bonchev–Trinajstić information content (AvgIpc) is 3.25. The molecule has 2 aromatic heterocycles. The summed E-state index contributed by atoms with van der Waals surface area (Å²) in [5, 5.41) is 7.29. The Balaban J connectivity index is 1.66. The van der Waals surface area contributed by atoms with Crippen LogP contribution in [-0.2, 0) is 13.6 Å². The van der Waals surface area contributed by atoms with Gasteiger partial charge in [0.2, 0.25) is 0 Å². The molecule has 1 unspecified atom stereocenters. The third-order valence-electron chi connectivity index (χ3n) is 5.12. The van der Waals surface area contributed by atoms with Gasteiger partial charge in [-0.1, -0.05) is 48.5 Å². The number of hydrogen-bond donors (Lipinski definition) is 1. The summed E-state index contributed by atoms with van der Waals surface area (Å²) in [6.45, 7) is 0.274. The maximum absolute atomic E-state index is 13.2. The Morgan fingerprint density at radius 3 is 2.53 bits per heavy atom. The minimum Gasteiger partial charge on any atom is -0.496 e. The molecule has 0 fully saturated rings. The summed E-state index contributed by atoms with van der Waals surface area (Å²) in [6, 6.07) is 19.1. The second-order valence-electron chi connectivity index (χ2n) is 7.24. The van der Waals surface area contributed by atoms with Gasteiger partial charge < -0.3 is 14.6 Å². The van der Waals surface area contributed by atoms with Gasteiger partial charge in [0, 0.05) is 31.1 Å². The van der Waals surface area contributed by atoms with Gasteiger partial charge in [0.1, 0.15) is 23.3 Å². The number of hydrogen-bond acceptors (Lipinski definition) is 5. The topological polar surface area (TPSA) is 91.0 Å². The van der Waals surface area contributed by atoms with Crippen molar-refractivity contribution in [2.75, 3.05) is 7.11 Å². The van der Waals surface area contributed by atoms with E-state index in [9.17, 15) is 9.59 Å². The molecule has 0 aliphatic rings. The lowest BCUT2D eigenvalue weighted by Gasteiger charge is -2.21. The summed E-state index contributed by atoms with van der Waals surface area (Å²) in [5.41, 5.74) is 1.53. The molecule has 0 spiro atoms. The first-order valence-electron chi connectivity index (χ1n) is 10.1. The molecule has 2 aromatic carbocycles. The van der Waals surface area contributed by atoms with Gasteiger partial charge in [-0.05, 0) is 17.7 Å². The molecule has 32 heavy (non-hydrogen) atoms. The first kappa shape index (κ1) is 21.0. The first-order chi connectivity index (χ1) is 15.6. The predicted molar refractivity (Wildman–Crippen MR) is 120 cm³/mol. The maximum Gasteiger partial charge on any atom is 0.272 e. The van der Waals surface area contributed by atoms with Crippen molar-refractivity contribution in [2.24, 2.45) is 7.05 Å². The molecule has 8 nitrogen and oxygen atoms in total. The first-order valence-corrected chi connectivity index (χ1v) is 10.1. The number of nitrogens with one attached hydrogen (secondary N) is 1. The molecule has 4 aromatic rings. The molecule has 2 heterocycles. The molecule has 0 aliphatic carbocycles. The van der Waals surface area contributed by atoms with Crippen LogP contribution in [0.25, 0.3) is 0 Å². The molecule has 0 saturated carbocycles. The van der Waals surface area contributed by atoms with Gasteiger partial charge in [-0.25, -0.2) is 9.67 Å². The van der Waals surface area contributed by atoms with Gasteiger partial charge in [-0.15, -0.1) is 0 Å². The van der Waals surface area contributed by atoms with E-state index in [0.717, 1.165) is 11.1 Å². The van der Waals surface area contributed by atoms with Gasteiger partial charge in [0.05, 0.1) is 13.7 Å². The van der Waals surface area contributed by atoms with Crippen LogP contribution in [0, 0.1) is 0 Å². The van der Waals surface area contributed by atoms with Crippen LogP contribution < -0.4 is 15.6 Å². The molecule has 1 atom stereocenters. The Hall–Kier alpha value is -4.20. The second kappa shape index (κ2) is 9.30. The highest BCUT2D eigenvalue weighted by Gasteiger charge is 2.25. The van der Waals surface area contributed by atoms with Crippen LogP contribution in [0.5, 0.6) is 5.75 Å². The van der Waals surface area contributed by atoms with Crippen molar-refractivity contribution in [3.8, 4) is 5.75 Å². The number of ether oxygens (including phenoxy) is 1. The number of imidazole rings is 1. The molecule has 1 amide bonds. The summed E-state index contributed by atoms with van der Waals surface area (Å²) < 4.78 is 8.62. The maximum atomic E-state index is 13.2. The quantitative estimate of drug-likeness (QED) is 0.488. The van der Waals surface area contributed by atoms with E-state index in [0.29, 0.717) is 11.6 Å². The monoisotopic (exact) mass is 429 g/mol. The van der Waals surface area contributed by atoms with Crippen molar-refractivity contribution < 1.29 is 9.53 Å². The third-order valence-corrected chi connectivity index (χ3v) is 5.12. The zero-order valence-corrected chi connectivity index (χ0v) is 17.8. The Morgan fingerprint density at radius 2 is 1.81 bits per heavy atom. The van der Waals surface area contributed by atoms with Crippen LogP contribution in [0.4, 0.5) is 0 Å². The fraction of sp³-hybridized carbons (Fsp3) is 0.167. The van der Waals surface area contributed by atoms with Gasteiger partial charge >= 0.3 is 0 Å². The molecule has 0 saturated heterocycles. The van der Waals surface area contributed by atoms with E-state index in [2.05, 4.69) is 15.4 Å². The minimum atomic E-state index is -0.574. The minimum absolute atomic E-state index is 0.134. The standard InChI is InChI=1S/C24H23N5O3/c1-28-15-14-25-23(28)22(18-10-6-7-11-20(18)32-2)26-24(31)19-12-13-21(30)29(27-19)16-17-8-4-3-5-9-17/h3-15,22H,16H2,1-2H3,(H,26,31). The van der Waals surface area contributed by atoms with Crippen molar-refractivity contribution in [3.05, 3.63) is 112 Å². The number of nitrogens with zero attached hydrogens (tertiary/aromatic N) is 4. The van der Waals surface area contributed by atoms with E-state index in [1.54, 1.807) is 13.3 Å². The van der Waals surface area contributed by atoms with E-state index in [-0.39, 0.29) is 17.8 Å². The van der Waals surface area contributed by atoms with Gasteiger partial charge in [-0.3, -0.25) is 9.59 Å². The van der Waals surface area contributed by atoms with E-state index in [4.69, 9.17) is 4.74 Å². The fourth-order valence-electron chi connectivity index (χ4n) is 3.49. The molecule has 0 aliphatic heterocycles. The van der Waals surface area contributed by atoms with Crippen molar-refractivity contribution in [1.29, 1.82) is 0 Å². The number of carbonyl (C=O) groups is 1. The van der Waals surface area contributed by atoms with Crippen LogP contribution >= 0.6 is 0 Å². The average molecular weight is 429 g/mol. The number of aromatic nitrogens is 4. The number of benzene rings is 2. The third kappa shape index (κ3) is 4.44. The van der Waals surface area contributed by atoms with Crippen molar-refractivity contribution >= 4 is 5.91 Å². The number of carbonyl (C=O) groups excluding carboxylic acids is 1. The lowest BCUT2D eigenvalue weighted by Crippen LogP contribution is -2.34. The summed E-state index contributed by atoms with van der Waals surface area (Å²) in [6.07, 6.45) is 3.48. The largest absolute Gasteiger partial charge is 0.496 e. The summed E-state index contributed by atoms with van der Waals surface area (Å²) in [5.74, 6) is 0.842. The number of aryl methyl sites for hydroxylation is 1. The molecular weight excluding hydrogens is 406 g/mol. The summed E-state index contributed by atoms with van der Waals surface area (Å²) >= 11 is 0. The van der Waals surface area contributed by atoms with Crippen LogP contribution in [0.3, 0.4) is 0 Å². The van der Waals surface area contributed by atoms with E-state index < -0.39 is 11.9 Å². The molecule has 0 bridgehead atoms. The molecule has 162 valence electrons. The van der Waals surface area contributed by atoms with Crippen LogP contribution in [0.2, 0.25) is 0 Å². The van der Waals surface area contributed by atoms with Crippen molar-refractivity contribution in [1.82, 2.24) is 24.6 Å². The lowest BCUT2D eigenvalue weighted by atomic mass is 10.0. The molecule has 8 heteroatoms. The Bertz CT molecular complexity index is 1280. The highest BCUT2D eigenvalue weighted by Crippen LogP contribution is 2.29. The molecular formula is C24H23N5O3. The van der Waals surface area contributed by atoms with Gasteiger partial charge in [0.25, 0.3) is 11.5 Å². The van der Waals surface area contributed by atoms with Crippen LogP contribution in [0.15, 0.2) is 83.9 Å². The SMILES string of the molecule is COc1ccccc1C(NC(=O)c1ccc(=O)n(Cc2ccccc2)n1)c1nccn1C. The highest BCUT2D eigenvalue weighted by atomic mass is 16.5. The van der Waals surface area contributed by atoms with Crippen molar-refractivity contribution in [2.45, 2.75) is 12.6 Å². The number of para-hydroxylation sites is 1. The number of amides is 1. The van der Waals surface area contributed by atoms with Gasteiger partial charge in [0.15, 0.2) is 0 Å². The Labute approximate surface area is 185 Å². The highest BCUT2D eigenvalue weighted by molar-refractivity contribution is 5.92. The van der Waals surface area contributed by atoms with E-state index in [1.165, 1.54) is 16.8 Å².